The third-order valence-corrected chi connectivity index (χ3v) is 3.21. The number of carbonyl (C=O) groups is 1. The summed E-state index contributed by atoms with van der Waals surface area (Å²) in [5, 5.41) is 17.8. The summed E-state index contributed by atoms with van der Waals surface area (Å²) in [5.74, 6) is -0.248. The molecular formula is C8H7I2NO3. The monoisotopic (exact) mass is 419 g/mol. The number of phenols is 1. The number of phenolic OH excluding ortho intramolecular Hbond substituents is 1. The van der Waals surface area contributed by atoms with Crippen LogP contribution in [0.4, 0.5) is 0 Å². The highest BCUT2D eigenvalue weighted by Crippen LogP contribution is 2.27. The van der Waals surface area contributed by atoms with E-state index < -0.39 is 5.91 Å². The van der Waals surface area contributed by atoms with Gasteiger partial charge in [-0.1, -0.05) is 0 Å². The lowest BCUT2D eigenvalue weighted by Gasteiger charge is -2.04. The highest BCUT2D eigenvalue weighted by atomic mass is 127. The van der Waals surface area contributed by atoms with Crippen LogP contribution in [0.2, 0.25) is 0 Å². The van der Waals surface area contributed by atoms with E-state index in [4.69, 9.17) is 5.21 Å². The molecule has 0 atom stereocenters. The molecule has 1 amide bonds. The minimum Gasteiger partial charge on any atom is -0.506 e. The zero-order valence-corrected chi connectivity index (χ0v) is 11.2. The first kappa shape index (κ1) is 12.0. The van der Waals surface area contributed by atoms with E-state index in [1.54, 1.807) is 17.6 Å². The van der Waals surface area contributed by atoms with Gasteiger partial charge < -0.3 is 5.11 Å². The van der Waals surface area contributed by atoms with Crippen molar-refractivity contribution in [2.75, 3.05) is 0 Å². The Morgan fingerprint density at radius 2 is 1.86 bits per heavy atom. The predicted molar refractivity (Wildman–Crippen MR) is 67.2 cm³/mol. The number of carbonyl (C=O) groups excluding carboxylic acids is 1. The maximum Gasteiger partial charge on any atom is 0.247 e. The topological polar surface area (TPSA) is 69.6 Å². The van der Waals surface area contributed by atoms with Crippen LogP contribution in [0.5, 0.6) is 5.75 Å². The van der Waals surface area contributed by atoms with Crippen LogP contribution < -0.4 is 5.48 Å². The van der Waals surface area contributed by atoms with Crippen molar-refractivity contribution >= 4 is 51.1 Å². The predicted octanol–water partition coefficient (Wildman–Crippen LogP) is 1.65. The Balaban J connectivity index is 2.95. The Hall–Kier alpha value is -0.0900. The Morgan fingerprint density at radius 3 is 2.29 bits per heavy atom. The Bertz CT molecular complexity index is 345. The van der Waals surface area contributed by atoms with Crippen LogP contribution >= 0.6 is 45.2 Å². The quantitative estimate of drug-likeness (QED) is 0.388. The van der Waals surface area contributed by atoms with Crippen LogP contribution in [-0.4, -0.2) is 16.2 Å². The number of hydrogen-bond donors (Lipinski definition) is 3. The molecule has 0 saturated carbocycles. The van der Waals surface area contributed by atoms with E-state index >= 15 is 0 Å². The van der Waals surface area contributed by atoms with Gasteiger partial charge in [0.2, 0.25) is 5.91 Å². The van der Waals surface area contributed by atoms with Crippen molar-refractivity contribution in [3.8, 4) is 5.75 Å². The fourth-order valence-electron chi connectivity index (χ4n) is 0.945. The van der Waals surface area contributed by atoms with Gasteiger partial charge >= 0.3 is 0 Å². The summed E-state index contributed by atoms with van der Waals surface area (Å²) in [6, 6.07) is 3.40. The lowest BCUT2D eigenvalue weighted by molar-refractivity contribution is -0.128. The second-order valence-corrected chi connectivity index (χ2v) is 4.94. The van der Waals surface area contributed by atoms with Crippen LogP contribution in [0.3, 0.4) is 0 Å². The van der Waals surface area contributed by atoms with Gasteiger partial charge in [-0.25, -0.2) is 5.48 Å². The summed E-state index contributed by atoms with van der Waals surface area (Å²) in [4.78, 5) is 10.9. The van der Waals surface area contributed by atoms with Crippen molar-refractivity contribution in [1.82, 2.24) is 5.48 Å². The van der Waals surface area contributed by atoms with Crippen LogP contribution in [0, 0.1) is 7.14 Å². The number of rotatable bonds is 2. The molecule has 1 aromatic rings. The van der Waals surface area contributed by atoms with Crippen LogP contribution in [0.15, 0.2) is 12.1 Å². The molecule has 0 bridgehead atoms. The van der Waals surface area contributed by atoms with Gasteiger partial charge in [-0.05, 0) is 62.9 Å². The molecule has 4 nitrogen and oxygen atoms in total. The van der Waals surface area contributed by atoms with Crippen molar-refractivity contribution < 1.29 is 15.1 Å². The van der Waals surface area contributed by atoms with Crippen molar-refractivity contribution in [1.29, 1.82) is 0 Å². The number of amides is 1. The van der Waals surface area contributed by atoms with E-state index in [0.29, 0.717) is 7.14 Å². The second-order valence-electron chi connectivity index (χ2n) is 2.62. The molecule has 76 valence electrons. The number of nitrogens with one attached hydrogen (secondary N) is 1. The standard InChI is InChI=1S/C8H7I2NO3/c9-5-1-4(3-7(12)11-14)2-6(10)8(5)13/h1-2,13-14H,3H2,(H,11,12). The number of benzene rings is 1. The van der Waals surface area contributed by atoms with Gasteiger partial charge in [0, 0.05) is 0 Å². The Kier molecular flexibility index (Phi) is 4.38. The summed E-state index contributed by atoms with van der Waals surface area (Å²) in [6.07, 6.45) is 0.1000. The number of aromatic hydroxyl groups is 1. The third kappa shape index (κ3) is 2.95. The largest absolute Gasteiger partial charge is 0.506 e. The molecule has 0 unspecified atom stereocenters. The fourth-order valence-corrected chi connectivity index (χ4v) is 2.84. The van der Waals surface area contributed by atoms with Crippen LogP contribution in [-0.2, 0) is 11.2 Å². The first-order valence-corrected chi connectivity index (χ1v) is 5.80. The van der Waals surface area contributed by atoms with E-state index in [0.717, 1.165) is 5.56 Å². The highest BCUT2D eigenvalue weighted by molar-refractivity contribution is 14.1. The van der Waals surface area contributed by atoms with Crippen molar-refractivity contribution in [3.05, 3.63) is 24.8 Å². The zero-order chi connectivity index (χ0) is 10.7. The van der Waals surface area contributed by atoms with Gasteiger partial charge in [-0.15, -0.1) is 0 Å². The van der Waals surface area contributed by atoms with E-state index in [1.165, 1.54) is 0 Å². The molecule has 6 heteroatoms. The summed E-state index contributed by atoms with van der Waals surface area (Å²) < 4.78 is 1.38. The van der Waals surface area contributed by atoms with Crippen molar-refractivity contribution in [2.45, 2.75) is 6.42 Å². The normalized spacial score (nSPS) is 9.93. The van der Waals surface area contributed by atoms with Crippen molar-refractivity contribution in [3.63, 3.8) is 0 Å². The third-order valence-electron chi connectivity index (χ3n) is 1.57. The lowest BCUT2D eigenvalue weighted by atomic mass is 10.1. The molecule has 1 aromatic carbocycles. The fraction of sp³-hybridized carbons (Fsp3) is 0.125. The molecule has 0 heterocycles. The number of hydrogen-bond acceptors (Lipinski definition) is 3. The Morgan fingerprint density at radius 1 is 1.36 bits per heavy atom. The summed E-state index contributed by atoms with van der Waals surface area (Å²) >= 11 is 3.97. The molecule has 0 aliphatic rings. The molecule has 0 aromatic heterocycles. The molecule has 0 aliphatic carbocycles. The molecule has 0 radical (unpaired) electrons. The van der Waals surface area contributed by atoms with Crippen LogP contribution in [0.25, 0.3) is 0 Å². The average Bonchev–Trinajstić information content (AvgIpc) is 2.14. The molecule has 0 saturated heterocycles. The SMILES string of the molecule is O=C(Cc1cc(I)c(O)c(I)c1)NO. The molecule has 0 spiro atoms. The van der Waals surface area contributed by atoms with E-state index in [9.17, 15) is 9.90 Å². The summed E-state index contributed by atoms with van der Waals surface area (Å²) in [7, 11) is 0. The minimum absolute atomic E-state index is 0.1000. The highest BCUT2D eigenvalue weighted by Gasteiger charge is 2.08. The van der Waals surface area contributed by atoms with Gasteiger partial charge in [0.15, 0.2) is 0 Å². The molecule has 3 N–H and O–H groups in total. The van der Waals surface area contributed by atoms with Crippen LogP contribution in [0.1, 0.15) is 5.56 Å². The van der Waals surface area contributed by atoms with Gasteiger partial charge in [0.25, 0.3) is 0 Å². The van der Waals surface area contributed by atoms with Crippen molar-refractivity contribution in [2.24, 2.45) is 0 Å². The van der Waals surface area contributed by atoms with E-state index in [2.05, 4.69) is 0 Å². The maximum absolute atomic E-state index is 10.9. The van der Waals surface area contributed by atoms with Gasteiger partial charge in [0.1, 0.15) is 5.75 Å². The Labute approximate surface area is 108 Å². The van der Waals surface area contributed by atoms with E-state index in [1.807, 2.05) is 45.2 Å². The maximum atomic E-state index is 10.9. The molecule has 1 rings (SSSR count). The van der Waals surface area contributed by atoms with Gasteiger partial charge in [0.05, 0.1) is 13.6 Å². The number of halogens is 2. The molecular weight excluding hydrogens is 412 g/mol. The second kappa shape index (κ2) is 5.12. The first-order chi connectivity index (χ1) is 6.54. The van der Waals surface area contributed by atoms with Gasteiger partial charge in [-0.3, -0.25) is 10.0 Å². The average molecular weight is 419 g/mol. The summed E-state index contributed by atoms with van der Waals surface area (Å²) in [6.45, 7) is 0. The summed E-state index contributed by atoms with van der Waals surface area (Å²) in [5.41, 5.74) is 2.31. The lowest BCUT2D eigenvalue weighted by Crippen LogP contribution is -2.20. The molecule has 0 aliphatic heterocycles. The molecule has 14 heavy (non-hydrogen) atoms. The first-order valence-electron chi connectivity index (χ1n) is 3.64. The minimum atomic E-state index is -0.470. The molecule has 0 fully saturated rings. The smallest absolute Gasteiger partial charge is 0.247 e. The van der Waals surface area contributed by atoms with E-state index in [-0.39, 0.29) is 12.2 Å². The van der Waals surface area contributed by atoms with Gasteiger partial charge in [-0.2, -0.15) is 0 Å². The number of hydroxylamine groups is 1. The zero-order valence-electron chi connectivity index (χ0n) is 6.92.